The third kappa shape index (κ3) is 5.78. The molecule has 0 bridgehead atoms. The molecule has 1 aliphatic heterocycles. The molecule has 1 fully saturated rings. The molecule has 0 aromatic rings. The largest absolute Gasteiger partial charge is 0.444 e. The highest BCUT2D eigenvalue weighted by molar-refractivity contribution is 5.68. The van der Waals surface area contributed by atoms with Gasteiger partial charge in [-0.3, -0.25) is 4.90 Å². The van der Waals surface area contributed by atoms with Crippen LogP contribution in [0.3, 0.4) is 0 Å². The van der Waals surface area contributed by atoms with E-state index in [2.05, 4.69) is 10.2 Å². The van der Waals surface area contributed by atoms with E-state index in [-0.39, 0.29) is 18.2 Å². The van der Waals surface area contributed by atoms with Gasteiger partial charge in [0.15, 0.2) is 0 Å². The zero-order chi connectivity index (χ0) is 14.5. The van der Waals surface area contributed by atoms with Crippen LogP contribution in [-0.2, 0) is 4.74 Å². The van der Waals surface area contributed by atoms with E-state index in [0.29, 0.717) is 6.54 Å². The van der Waals surface area contributed by atoms with Crippen LogP contribution in [0.4, 0.5) is 4.79 Å². The normalized spacial score (nSPS) is 20.7. The summed E-state index contributed by atoms with van der Waals surface area (Å²) in [6.07, 6.45) is 3.36. The average Bonchev–Trinajstić information content (AvgIpc) is 2.28. The van der Waals surface area contributed by atoms with Gasteiger partial charge in [-0.05, 0) is 53.6 Å². The maximum atomic E-state index is 11.8. The van der Waals surface area contributed by atoms with Gasteiger partial charge in [-0.2, -0.15) is 0 Å². The summed E-state index contributed by atoms with van der Waals surface area (Å²) in [7, 11) is 0. The van der Waals surface area contributed by atoms with Crippen LogP contribution in [-0.4, -0.2) is 48.3 Å². The Morgan fingerprint density at radius 1 is 1.32 bits per heavy atom. The van der Waals surface area contributed by atoms with Crippen LogP contribution in [0, 0.1) is 0 Å². The summed E-state index contributed by atoms with van der Waals surface area (Å²) in [4.78, 5) is 14.2. The molecular formula is C14H29N3O2. The minimum atomic E-state index is -0.465. The molecule has 2 atom stereocenters. The number of rotatable bonds is 4. The van der Waals surface area contributed by atoms with Crippen molar-refractivity contribution in [3.63, 3.8) is 0 Å². The van der Waals surface area contributed by atoms with Gasteiger partial charge in [0.1, 0.15) is 5.60 Å². The molecule has 0 saturated carbocycles. The number of likely N-dealkylation sites (tertiary alicyclic amines) is 1. The van der Waals surface area contributed by atoms with Crippen LogP contribution < -0.4 is 11.1 Å². The number of carbonyl (C=O) groups excluding carboxylic acids is 1. The second-order valence-corrected chi connectivity index (χ2v) is 6.33. The molecule has 1 saturated heterocycles. The van der Waals surface area contributed by atoms with Gasteiger partial charge in [0.05, 0.1) is 0 Å². The van der Waals surface area contributed by atoms with Crippen molar-refractivity contribution in [1.82, 2.24) is 10.2 Å². The highest BCUT2D eigenvalue weighted by Crippen LogP contribution is 2.14. The van der Waals surface area contributed by atoms with Crippen molar-refractivity contribution in [3.05, 3.63) is 0 Å². The number of alkyl carbamates (subject to hydrolysis) is 1. The van der Waals surface area contributed by atoms with Crippen LogP contribution in [0.1, 0.15) is 47.0 Å². The van der Waals surface area contributed by atoms with Crippen LogP contribution in [0.2, 0.25) is 0 Å². The summed E-state index contributed by atoms with van der Waals surface area (Å²) in [5.74, 6) is 0. The van der Waals surface area contributed by atoms with E-state index in [0.717, 1.165) is 13.1 Å². The molecule has 19 heavy (non-hydrogen) atoms. The van der Waals surface area contributed by atoms with Crippen LogP contribution >= 0.6 is 0 Å². The van der Waals surface area contributed by atoms with E-state index >= 15 is 0 Å². The topological polar surface area (TPSA) is 67.6 Å². The summed E-state index contributed by atoms with van der Waals surface area (Å²) in [6.45, 7) is 10.3. The summed E-state index contributed by atoms with van der Waals surface area (Å²) in [5.41, 5.74) is 5.41. The maximum absolute atomic E-state index is 11.8. The number of ether oxygens (including phenoxy) is 1. The fraction of sp³-hybridized carbons (Fsp3) is 0.929. The lowest BCUT2D eigenvalue weighted by molar-refractivity contribution is 0.0461. The van der Waals surface area contributed by atoms with E-state index in [1.807, 2.05) is 27.7 Å². The first-order chi connectivity index (χ1) is 8.83. The SMILES string of the molecule is CC(NC(=O)OC(C)(C)C)C(CN)N1CCCCC1. The van der Waals surface area contributed by atoms with Crippen LogP contribution in [0.5, 0.6) is 0 Å². The first-order valence-corrected chi connectivity index (χ1v) is 7.27. The van der Waals surface area contributed by atoms with Crippen molar-refractivity contribution >= 4 is 6.09 Å². The smallest absolute Gasteiger partial charge is 0.407 e. The Balaban J connectivity index is 2.48. The van der Waals surface area contributed by atoms with Crippen LogP contribution in [0.15, 0.2) is 0 Å². The molecule has 3 N–H and O–H groups in total. The fourth-order valence-corrected chi connectivity index (χ4v) is 2.51. The van der Waals surface area contributed by atoms with E-state index in [1.54, 1.807) is 0 Å². The van der Waals surface area contributed by atoms with Gasteiger partial charge >= 0.3 is 6.09 Å². The lowest BCUT2D eigenvalue weighted by atomic mass is 10.0. The van der Waals surface area contributed by atoms with Crippen molar-refractivity contribution in [1.29, 1.82) is 0 Å². The average molecular weight is 271 g/mol. The van der Waals surface area contributed by atoms with E-state index < -0.39 is 5.60 Å². The molecule has 0 spiro atoms. The van der Waals surface area contributed by atoms with E-state index in [1.165, 1.54) is 19.3 Å². The molecule has 1 amide bonds. The van der Waals surface area contributed by atoms with Gasteiger partial charge in [0, 0.05) is 18.6 Å². The Bertz CT molecular complexity index is 283. The van der Waals surface area contributed by atoms with Crippen molar-refractivity contribution in [2.75, 3.05) is 19.6 Å². The Morgan fingerprint density at radius 2 is 1.89 bits per heavy atom. The minimum absolute atomic E-state index is 0.00190. The summed E-state index contributed by atoms with van der Waals surface area (Å²) >= 11 is 0. The molecule has 112 valence electrons. The molecule has 1 heterocycles. The number of carbonyl (C=O) groups is 1. The lowest BCUT2D eigenvalue weighted by Crippen LogP contribution is -2.55. The predicted molar refractivity (Wildman–Crippen MR) is 77.1 cm³/mol. The number of nitrogens with one attached hydrogen (secondary N) is 1. The van der Waals surface area contributed by atoms with Gasteiger partial charge < -0.3 is 15.8 Å². The van der Waals surface area contributed by atoms with Gasteiger partial charge in [-0.1, -0.05) is 6.42 Å². The Kier molecular flexibility index (Phi) is 6.07. The fourth-order valence-electron chi connectivity index (χ4n) is 2.51. The van der Waals surface area contributed by atoms with Crippen molar-refractivity contribution in [3.8, 4) is 0 Å². The maximum Gasteiger partial charge on any atom is 0.407 e. The molecule has 2 unspecified atom stereocenters. The van der Waals surface area contributed by atoms with Gasteiger partial charge in [-0.25, -0.2) is 4.79 Å². The Hall–Kier alpha value is -0.810. The third-order valence-electron chi connectivity index (χ3n) is 3.42. The Morgan fingerprint density at radius 3 is 2.37 bits per heavy atom. The molecule has 5 nitrogen and oxygen atoms in total. The standard InChI is InChI=1S/C14H29N3O2/c1-11(16-13(18)19-14(2,3)4)12(10-15)17-8-6-5-7-9-17/h11-12H,5-10,15H2,1-4H3,(H,16,18). The second-order valence-electron chi connectivity index (χ2n) is 6.33. The first kappa shape index (κ1) is 16.2. The molecule has 5 heteroatoms. The predicted octanol–water partition coefficient (Wildman–Crippen LogP) is 1.71. The van der Waals surface area contributed by atoms with Crippen molar-refractivity contribution in [2.24, 2.45) is 5.73 Å². The number of piperidine rings is 1. The highest BCUT2D eigenvalue weighted by atomic mass is 16.6. The van der Waals surface area contributed by atoms with Crippen LogP contribution in [0.25, 0.3) is 0 Å². The zero-order valence-electron chi connectivity index (χ0n) is 12.7. The molecule has 0 aromatic heterocycles. The minimum Gasteiger partial charge on any atom is -0.444 e. The Labute approximate surface area is 116 Å². The molecule has 0 aliphatic carbocycles. The van der Waals surface area contributed by atoms with E-state index in [4.69, 9.17) is 10.5 Å². The summed E-state index contributed by atoms with van der Waals surface area (Å²) in [6, 6.07) is 0.186. The number of amides is 1. The van der Waals surface area contributed by atoms with E-state index in [9.17, 15) is 4.79 Å². The molecule has 1 aliphatic rings. The molecular weight excluding hydrogens is 242 g/mol. The quantitative estimate of drug-likeness (QED) is 0.817. The van der Waals surface area contributed by atoms with Crippen molar-refractivity contribution < 1.29 is 9.53 Å². The monoisotopic (exact) mass is 271 g/mol. The number of nitrogens with zero attached hydrogens (tertiary/aromatic N) is 1. The lowest BCUT2D eigenvalue weighted by Gasteiger charge is -2.37. The van der Waals surface area contributed by atoms with Gasteiger partial charge in [-0.15, -0.1) is 0 Å². The zero-order valence-corrected chi connectivity index (χ0v) is 12.7. The second kappa shape index (κ2) is 7.10. The van der Waals surface area contributed by atoms with Gasteiger partial charge in [0.2, 0.25) is 0 Å². The number of hydrogen-bond donors (Lipinski definition) is 2. The van der Waals surface area contributed by atoms with Crippen molar-refractivity contribution in [2.45, 2.75) is 64.6 Å². The summed E-state index contributed by atoms with van der Waals surface area (Å²) in [5, 5.41) is 2.90. The number of hydrogen-bond acceptors (Lipinski definition) is 4. The van der Waals surface area contributed by atoms with Gasteiger partial charge in [0.25, 0.3) is 0 Å². The third-order valence-corrected chi connectivity index (χ3v) is 3.42. The summed E-state index contributed by atoms with van der Waals surface area (Å²) < 4.78 is 5.28. The first-order valence-electron chi connectivity index (χ1n) is 7.27. The molecule has 0 aromatic carbocycles. The molecule has 1 rings (SSSR count). The highest BCUT2D eigenvalue weighted by Gasteiger charge is 2.27. The molecule has 0 radical (unpaired) electrons. The number of nitrogens with two attached hydrogens (primary N) is 1.